The highest BCUT2D eigenvalue weighted by Crippen LogP contribution is 2.22. The van der Waals surface area contributed by atoms with Gasteiger partial charge in [-0.2, -0.15) is 18.3 Å². The summed E-state index contributed by atoms with van der Waals surface area (Å²) in [6.07, 6.45) is -2.93. The number of nitrogen functional groups attached to an aromatic ring is 1. The summed E-state index contributed by atoms with van der Waals surface area (Å²) in [5, 5.41) is 4.38. The van der Waals surface area contributed by atoms with Crippen LogP contribution in [-0.4, -0.2) is 16.0 Å². The first kappa shape index (κ1) is 9.82. The predicted molar refractivity (Wildman–Crippen MR) is 50.2 cm³/mol. The zero-order valence-corrected chi connectivity index (χ0v) is 7.62. The first-order valence-electron chi connectivity index (χ1n) is 4.24. The van der Waals surface area contributed by atoms with E-state index in [0.29, 0.717) is 16.6 Å². The summed E-state index contributed by atoms with van der Waals surface area (Å²) in [7, 11) is 0. The van der Waals surface area contributed by atoms with Gasteiger partial charge in [-0.25, -0.2) is 0 Å². The maximum atomic E-state index is 12.1. The quantitative estimate of drug-likeness (QED) is 0.741. The molecule has 0 spiro atoms. The lowest BCUT2D eigenvalue weighted by atomic mass is 10.2. The first-order valence-corrected chi connectivity index (χ1v) is 4.24. The number of alkyl halides is 3. The van der Waals surface area contributed by atoms with E-state index in [-0.39, 0.29) is 0 Å². The van der Waals surface area contributed by atoms with Gasteiger partial charge in [-0.1, -0.05) is 12.1 Å². The summed E-state index contributed by atoms with van der Waals surface area (Å²) < 4.78 is 37.1. The zero-order valence-electron chi connectivity index (χ0n) is 7.62. The number of halogens is 3. The molecule has 0 atom stereocenters. The van der Waals surface area contributed by atoms with Crippen LogP contribution in [0.4, 0.5) is 18.9 Å². The molecule has 15 heavy (non-hydrogen) atoms. The summed E-state index contributed by atoms with van der Waals surface area (Å²) in [6, 6.07) is 4.95. The summed E-state index contributed by atoms with van der Waals surface area (Å²) in [5.41, 5.74) is 6.36. The third kappa shape index (κ3) is 2.03. The summed E-state index contributed by atoms with van der Waals surface area (Å²) in [6.45, 7) is -1.10. The summed E-state index contributed by atoms with van der Waals surface area (Å²) in [5.74, 6) is 0. The van der Waals surface area contributed by atoms with Crippen molar-refractivity contribution in [1.29, 1.82) is 0 Å². The van der Waals surface area contributed by atoms with Crippen LogP contribution < -0.4 is 5.73 Å². The molecule has 2 aromatic rings. The van der Waals surface area contributed by atoms with E-state index in [9.17, 15) is 13.2 Å². The number of benzene rings is 1. The zero-order chi connectivity index (χ0) is 11.1. The summed E-state index contributed by atoms with van der Waals surface area (Å²) in [4.78, 5) is 0. The molecular weight excluding hydrogens is 207 g/mol. The molecule has 0 saturated carbocycles. The second-order valence-corrected chi connectivity index (χ2v) is 3.23. The lowest BCUT2D eigenvalue weighted by molar-refractivity contribution is -0.142. The number of aromatic nitrogens is 2. The Balaban J connectivity index is 2.44. The van der Waals surface area contributed by atoms with Crippen molar-refractivity contribution in [3.63, 3.8) is 0 Å². The van der Waals surface area contributed by atoms with Crippen molar-refractivity contribution in [3.05, 3.63) is 24.4 Å². The van der Waals surface area contributed by atoms with Crippen LogP contribution in [-0.2, 0) is 6.54 Å². The molecule has 0 saturated heterocycles. The molecule has 0 fully saturated rings. The van der Waals surface area contributed by atoms with Crippen molar-refractivity contribution in [3.8, 4) is 0 Å². The third-order valence-corrected chi connectivity index (χ3v) is 1.96. The molecule has 1 heterocycles. The Morgan fingerprint density at radius 1 is 1.33 bits per heavy atom. The van der Waals surface area contributed by atoms with Crippen LogP contribution in [0.15, 0.2) is 24.4 Å². The van der Waals surface area contributed by atoms with E-state index >= 15 is 0 Å². The Bertz CT molecular complexity index is 487. The molecule has 6 heteroatoms. The largest absolute Gasteiger partial charge is 0.408 e. The van der Waals surface area contributed by atoms with Crippen LogP contribution in [0.2, 0.25) is 0 Å². The number of hydrogen-bond donors (Lipinski definition) is 1. The topological polar surface area (TPSA) is 43.8 Å². The minimum absolute atomic E-state index is 0.383. The Morgan fingerprint density at radius 2 is 2.07 bits per heavy atom. The third-order valence-electron chi connectivity index (χ3n) is 1.96. The second-order valence-electron chi connectivity index (χ2n) is 3.23. The number of rotatable bonds is 1. The van der Waals surface area contributed by atoms with Gasteiger partial charge in [-0.05, 0) is 6.07 Å². The molecule has 0 bridgehead atoms. The second kappa shape index (κ2) is 3.15. The van der Waals surface area contributed by atoms with Crippen molar-refractivity contribution in [2.24, 2.45) is 0 Å². The van der Waals surface area contributed by atoms with Crippen LogP contribution in [0.25, 0.3) is 10.9 Å². The summed E-state index contributed by atoms with van der Waals surface area (Å²) >= 11 is 0. The lowest BCUT2D eigenvalue weighted by Crippen LogP contribution is -2.17. The highest BCUT2D eigenvalue weighted by molar-refractivity contribution is 5.88. The number of nitrogens with zero attached hydrogens (tertiary/aromatic N) is 2. The molecule has 0 aliphatic carbocycles. The Hall–Kier alpha value is -1.72. The minimum atomic E-state index is -4.27. The van der Waals surface area contributed by atoms with E-state index in [4.69, 9.17) is 5.73 Å². The fourth-order valence-corrected chi connectivity index (χ4v) is 1.38. The van der Waals surface area contributed by atoms with Gasteiger partial charge in [0.15, 0.2) is 0 Å². The molecule has 0 radical (unpaired) electrons. The van der Waals surface area contributed by atoms with Gasteiger partial charge in [0, 0.05) is 11.6 Å². The van der Waals surface area contributed by atoms with Crippen LogP contribution in [0.1, 0.15) is 0 Å². The van der Waals surface area contributed by atoms with Gasteiger partial charge in [-0.3, -0.25) is 4.68 Å². The van der Waals surface area contributed by atoms with E-state index in [1.165, 1.54) is 6.20 Å². The molecule has 0 aliphatic heterocycles. The number of anilines is 1. The van der Waals surface area contributed by atoms with Gasteiger partial charge >= 0.3 is 6.18 Å². The van der Waals surface area contributed by atoms with Gasteiger partial charge in [0.1, 0.15) is 12.1 Å². The highest BCUT2D eigenvalue weighted by Gasteiger charge is 2.28. The van der Waals surface area contributed by atoms with Gasteiger partial charge in [0.25, 0.3) is 0 Å². The number of hydrogen-bond acceptors (Lipinski definition) is 2. The van der Waals surface area contributed by atoms with Crippen LogP contribution in [0.3, 0.4) is 0 Å². The van der Waals surface area contributed by atoms with Crippen LogP contribution >= 0.6 is 0 Å². The average Bonchev–Trinajstić information content (AvgIpc) is 2.45. The standard InChI is InChI=1S/C9H8F3N3/c10-9(11,12)5-15-4-6-2-1-3-7(13)8(6)14-15/h1-4H,5,13H2. The van der Waals surface area contributed by atoms with Gasteiger partial charge in [0.2, 0.25) is 0 Å². The fourth-order valence-electron chi connectivity index (χ4n) is 1.38. The van der Waals surface area contributed by atoms with Gasteiger partial charge in [0.05, 0.1) is 5.69 Å². The number of nitrogens with two attached hydrogens (primary N) is 1. The molecule has 80 valence electrons. The normalized spacial score (nSPS) is 12.2. The van der Waals surface area contributed by atoms with E-state index in [1.54, 1.807) is 18.2 Å². The predicted octanol–water partition coefficient (Wildman–Crippen LogP) is 2.18. The minimum Gasteiger partial charge on any atom is -0.397 e. The molecule has 2 N–H and O–H groups in total. The molecular formula is C9H8F3N3. The molecule has 2 rings (SSSR count). The average molecular weight is 215 g/mol. The van der Waals surface area contributed by atoms with E-state index in [2.05, 4.69) is 5.10 Å². The molecule has 1 aromatic heterocycles. The molecule has 0 aliphatic rings. The van der Waals surface area contributed by atoms with Gasteiger partial charge < -0.3 is 5.73 Å². The molecule has 0 amide bonds. The Kier molecular flexibility index (Phi) is 2.06. The van der Waals surface area contributed by atoms with E-state index in [0.717, 1.165) is 4.68 Å². The fraction of sp³-hybridized carbons (Fsp3) is 0.222. The Labute approximate surface area is 83.3 Å². The molecule has 1 aromatic carbocycles. The van der Waals surface area contributed by atoms with Gasteiger partial charge in [-0.15, -0.1) is 0 Å². The van der Waals surface area contributed by atoms with Crippen molar-refractivity contribution in [2.45, 2.75) is 12.7 Å². The van der Waals surface area contributed by atoms with Crippen LogP contribution in [0, 0.1) is 0 Å². The van der Waals surface area contributed by atoms with E-state index in [1.807, 2.05) is 0 Å². The monoisotopic (exact) mass is 215 g/mol. The van der Waals surface area contributed by atoms with Crippen molar-refractivity contribution < 1.29 is 13.2 Å². The van der Waals surface area contributed by atoms with Crippen molar-refractivity contribution >= 4 is 16.6 Å². The lowest BCUT2D eigenvalue weighted by Gasteiger charge is -2.04. The first-order chi connectivity index (χ1) is 6.96. The molecule has 0 unspecified atom stereocenters. The maximum absolute atomic E-state index is 12.1. The Morgan fingerprint density at radius 3 is 2.67 bits per heavy atom. The van der Waals surface area contributed by atoms with Crippen molar-refractivity contribution in [1.82, 2.24) is 9.78 Å². The van der Waals surface area contributed by atoms with E-state index < -0.39 is 12.7 Å². The molecule has 3 nitrogen and oxygen atoms in total. The smallest absolute Gasteiger partial charge is 0.397 e. The SMILES string of the molecule is Nc1cccc2cn(CC(F)(F)F)nc12. The van der Waals surface area contributed by atoms with Crippen molar-refractivity contribution in [2.75, 3.05) is 5.73 Å². The highest BCUT2D eigenvalue weighted by atomic mass is 19.4. The maximum Gasteiger partial charge on any atom is 0.408 e. The number of fused-ring (bicyclic) bond motifs is 1. The van der Waals surface area contributed by atoms with Crippen LogP contribution in [0.5, 0.6) is 0 Å².